The van der Waals surface area contributed by atoms with Gasteiger partial charge in [-0.25, -0.2) is 4.98 Å². The highest BCUT2D eigenvalue weighted by atomic mass is 14.9. The van der Waals surface area contributed by atoms with Crippen LogP contribution in [0.3, 0.4) is 0 Å². The molecule has 0 atom stereocenters. The van der Waals surface area contributed by atoms with Crippen molar-refractivity contribution in [2.45, 2.75) is 66.2 Å². The fourth-order valence-corrected chi connectivity index (χ4v) is 3.92. The first-order valence-electron chi connectivity index (χ1n) is 8.31. The number of benzene rings is 1. The number of nitrogens with one attached hydrogen (secondary N) is 1. The molecule has 114 valence electrons. The molecule has 0 amide bonds. The molecule has 1 saturated carbocycles. The summed E-state index contributed by atoms with van der Waals surface area (Å²) in [6.45, 7) is 11.5. The van der Waals surface area contributed by atoms with Gasteiger partial charge in [-0.2, -0.15) is 0 Å². The van der Waals surface area contributed by atoms with Gasteiger partial charge in [-0.15, -0.1) is 0 Å². The number of nitrogens with zero attached hydrogens (tertiary/aromatic N) is 1. The van der Waals surface area contributed by atoms with E-state index in [2.05, 4.69) is 51.7 Å². The lowest BCUT2D eigenvalue weighted by atomic mass is 9.70. The van der Waals surface area contributed by atoms with Crippen molar-refractivity contribution in [3.8, 4) is 0 Å². The minimum Gasteiger partial charge on any atom is -0.342 e. The van der Waals surface area contributed by atoms with Crippen LogP contribution in [0.5, 0.6) is 0 Å². The second-order valence-corrected chi connectivity index (χ2v) is 8.01. The number of aromatic nitrogens is 2. The second kappa shape index (κ2) is 5.15. The van der Waals surface area contributed by atoms with E-state index in [0.29, 0.717) is 11.3 Å². The normalized spacial score (nSPS) is 23.7. The van der Waals surface area contributed by atoms with E-state index in [1.165, 1.54) is 48.2 Å². The average molecular weight is 284 g/mol. The zero-order chi connectivity index (χ0) is 15.2. The molecule has 0 saturated heterocycles. The highest BCUT2D eigenvalue weighted by Crippen LogP contribution is 2.42. The van der Waals surface area contributed by atoms with Crippen molar-refractivity contribution in [1.82, 2.24) is 9.97 Å². The van der Waals surface area contributed by atoms with Gasteiger partial charge in [0.25, 0.3) is 0 Å². The Balaban J connectivity index is 1.81. The third-order valence-electron chi connectivity index (χ3n) is 5.28. The van der Waals surface area contributed by atoms with Crippen LogP contribution in [0.2, 0.25) is 0 Å². The molecule has 1 aliphatic carbocycles. The average Bonchev–Trinajstić information content (AvgIpc) is 2.82. The van der Waals surface area contributed by atoms with Crippen molar-refractivity contribution in [2.24, 2.45) is 11.3 Å². The van der Waals surface area contributed by atoms with Crippen LogP contribution in [0, 0.1) is 25.2 Å². The van der Waals surface area contributed by atoms with Crippen LogP contribution in [0.15, 0.2) is 12.1 Å². The van der Waals surface area contributed by atoms with Gasteiger partial charge in [0.2, 0.25) is 0 Å². The molecule has 1 aromatic carbocycles. The number of aromatic amines is 1. The Kier molecular flexibility index (Phi) is 3.59. The Morgan fingerprint density at radius 2 is 1.71 bits per heavy atom. The number of imidazole rings is 1. The lowest BCUT2D eigenvalue weighted by molar-refractivity contribution is 0.167. The van der Waals surface area contributed by atoms with Gasteiger partial charge in [-0.05, 0) is 68.1 Å². The summed E-state index contributed by atoms with van der Waals surface area (Å²) in [7, 11) is 0. The predicted octanol–water partition coefficient (Wildman–Crippen LogP) is 5.50. The molecule has 1 N–H and O–H groups in total. The zero-order valence-corrected chi connectivity index (χ0v) is 14.1. The van der Waals surface area contributed by atoms with Gasteiger partial charge in [0.05, 0.1) is 11.0 Å². The quantitative estimate of drug-likeness (QED) is 0.736. The van der Waals surface area contributed by atoms with Gasteiger partial charge < -0.3 is 4.98 Å². The Bertz CT molecular complexity index is 637. The monoisotopic (exact) mass is 284 g/mol. The number of hydrogen-bond donors (Lipinski definition) is 1. The van der Waals surface area contributed by atoms with Crippen LogP contribution in [-0.4, -0.2) is 9.97 Å². The first-order valence-corrected chi connectivity index (χ1v) is 8.31. The largest absolute Gasteiger partial charge is 0.342 e. The summed E-state index contributed by atoms with van der Waals surface area (Å²) >= 11 is 0. The van der Waals surface area contributed by atoms with Gasteiger partial charge in [-0.1, -0.05) is 26.8 Å². The molecule has 1 fully saturated rings. The summed E-state index contributed by atoms with van der Waals surface area (Å²) in [4.78, 5) is 8.50. The van der Waals surface area contributed by atoms with Gasteiger partial charge >= 0.3 is 0 Å². The Hall–Kier alpha value is -1.31. The molecule has 3 rings (SSSR count). The maximum Gasteiger partial charge on any atom is 0.110 e. The van der Waals surface area contributed by atoms with E-state index in [1.54, 1.807) is 0 Å². The van der Waals surface area contributed by atoms with E-state index < -0.39 is 0 Å². The smallest absolute Gasteiger partial charge is 0.110 e. The summed E-state index contributed by atoms with van der Waals surface area (Å²) in [5, 5.41) is 0. The van der Waals surface area contributed by atoms with Gasteiger partial charge in [0.1, 0.15) is 5.82 Å². The minimum atomic E-state index is 0.451. The summed E-state index contributed by atoms with van der Waals surface area (Å²) in [5.74, 6) is 2.70. The Morgan fingerprint density at radius 1 is 1.05 bits per heavy atom. The van der Waals surface area contributed by atoms with E-state index >= 15 is 0 Å². The SMILES string of the molecule is Cc1cc(C)c2nc(C3CCC(C(C)(C)C)CC3)[nH]c2c1. The molecule has 0 bridgehead atoms. The van der Waals surface area contributed by atoms with Gasteiger partial charge in [0.15, 0.2) is 0 Å². The second-order valence-electron chi connectivity index (χ2n) is 8.01. The van der Waals surface area contributed by atoms with E-state index in [1.807, 2.05) is 0 Å². The fourth-order valence-electron chi connectivity index (χ4n) is 3.92. The zero-order valence-electron chi connectivity index (χ0n) is 14.1. The molecule has 2 aromatic rings. The number of rotatable bonds is 1. The Labute approximate surface area is 128 Å². The van der Waals surface area contributed by atoms with Crippen molar-refractivity contribution >= 4 is 11.0 Å². The lowest BCUT2D eigenvalue weighted by Gasteiger charge is -2.36. The molecule has 2 heteroatoms. The van der Waals surface area contributed by atoms with Crippen LogP contribution >= 0.6 is 0 Å². The van der Waals surface area contributed by atoms with Crippen molar-refractivity contribution in [3.05, 3.63) is 29.1 Å². The highest BCUT2D eigenvalue weighted by Gasteiger charge is 2.31. The molecule has 0 unspecified atom stereocenters. The van der Waals surface area contributed by atoms with Crippen molar-refractivity contribution in [1.29, 1.82) is 0 Å². The van der Waals surface area contributed by atoms with Gasteiger partial charge in [0, 0.05) is 5.92 Å². The first kappa shape index (κ1) is 14.6. The topological polar surface area (TPSA) is 28.7 Å². The van der Waals surface area contributed by atoms with Crippen LogP contribution in [0.25, 0.3) is 11.0 Å². The summed E-state index contributed by atoms with van der Waals surface area (Å²) in [6.07, 6.45) is 5.23. The van der Waals surface area contributed by atoms with E-state index in [-0.39, 0.29) is 0 Å². The number of aryl methyl sites for hydroxylation is 2. The summed E-state index contributed by atoms with van der Waals surface area (Å²) in [5.41, 5.74) is 5.42. The minimum absolute atomic E-state index is 0.451. The van der Waals surface area contributed by atoms with Crippen molar-refractivity contribution in [3.63, 3.8) is 0 Å². The first-order chi connectivity index (χ1) is 9.84. The summed E-state index contributed by atoms with van der Waals surface area (Å²) < 4.78 is 0. The fraction of sp³-hybridized carbons (Fsp3) is 0.632. The molecular formula is C19H28N2. The molecular weight excluding hydrogens is 256 g/mol. The number of fused-ring (bicyclic) bond motifs is 1. The van der Waals surface area contributed by atoms with E-state index in [9.17, 15) is 0 Å². The maximum atomic E-state index is 4.91. The molecule has 1 aromatic heterocycles. The molecule has 0 radical (unpaired) electrons. The van der Waals surface area contributed by atoms with Gasteiger partial charge in [-0.3, -0.25) is 0 Å². The van der Waals surface area contributed by atoms with E-state index in [0.717, 1.165) is 11.4 Å². The molecule has 0 aliphatic heterocycles. The maximum absolute atomic E-state index is 4.91. The van der Waals surface area contributed by atoms with E-state index in [4.69, 9.17) is 4.98 Å². The molecule has 1 aliphatic rings. The van der Waals surface area contributed by atoms with Crippen LogP contribution in [0.1, 0.15) is 69.3 Å². The standard InChI is InChI=1S/C19H28N2/c1-12-10-13(2)17-16(11-12)20-18(21-17)14-6-8-15(9-7-14)19(3,4)5/h10-11,14-15H,6-9H2,1-5H3,(H,20,21). The molecule has 0 spiro atoms. The third-order valence-corrected chi connectivity index (χ3v) is 5.28. The van der Waals surface area contributed by atoms with Crippen molar-refractivity contribution in [2.75, 3.05) is 0 Å². The number of hydrogen-bond acceptors (Lipinski definition) is 1. The molecule has 1 heterocycles. The van der Waals surface area contributed by atoms with Crippen LogP contribution < -0.4 is 0 Å². The van der Waals surface area contributed by atoms with Crippen LogP contribution in [0.4, 0.5) is 0 Å². The third kappa shape index (κ3) is 2.86. The van der Waals surface area contributed by atoms with Crippen LogP contribution in [-0.2, 0) is 0 Å². The number of H-pyrrole nitrogens is 1. The lowest BCUT2D eigenvalue weighted by Crippen LogP contribution is -2.25. The predicted molar refractivity (Wildman–Crippen MR) is 89.7 cm³/mol. The summed E-state index contributed by atoms with van der Waals surface area (Å²) in [6, 6.07) is 4.45. The Morgan fingerprint density at radius 3 is 2.33 bits per heavy atom. The highest BCUT2D eigenvalue weighted by molar-refractivity contribution is 5.79. The molecule has 2 nitrogen and oxygen atoms in total. The van der Waals surface area contributed by atoms with Crippen molar-refractivity contribution < 1.29 is 0 Å². The molecule has 21 heavy (non-hydrogen) atoms.